The van der Waals surface area contributed by atoms with Crippen molar-refractivity contribution in [2.45, 2.75) is 31.2 Å². The standard InChI is InChI=1S/C20H22N4O2S/c1-3-12-26-18-11-7-10-17(13-18)19(25)23-24-15(2)21-22-20(24)27-14-16-8-5-4-6-9-16/h4-11,13H,3,12,14H2,1-2H3,(H,23,25). The molecule has 0 spiro atoms. The number of nitrogens with zero attached hydrogens (tertiary/aromatic N) is 3. The molecule has 1 N–H and O–H groups in total. The van der Waals surface area contributed by atoms with E-state index in [2.05, 4.69) is 27.8 Å². The fourth-order valence-electron chi connectivity index (χ4n) is 2.40. The molecule has 0 atom stereocenters. The first-order valence-electron chi connectivity index (χ1n) is 8.80. The van der Waals surface area contributed by atoms with Crippen LogP contribution in [0.3, 0.4) is 0 Å². The van der Waals surface area contributed by atoms with Crippen LogP contribution < -0.4 is 10.2 Å². The van der Waals surface area contributed by atoms with Crippen molar-refractivity contribution in [2.75, 3.05) is 12.0 Å². The second-order valence-electron chi connectivity index (χ2n) is 5.96. The van der Waals surface area contributed by atoms with Gasteiger partial charge in [-0.1, -0.05) is 55.1 Å². The van der Waals surface area contributed by atoms with E-state index in [4.69, 9.17) is 4.74 Å². The van der Waals surface area contributed by atoms with E-state index in [1.807, 2.05) is 37.3 Å². The van der Waals surface area contributed by atoms with Gasteiger partial charge in [-0.15, -0.1) is 10.2 Å². The van der Waals surface area contributed by atoms with Crippen molar-refractivity contribution < 1.29 is 9.53 Å². The Kier molecular flexibility index (Phi) is 6.49. The van der Waals surface area contributed by atoms with E-state index in [0.29, 0.717) is 28.9 Å². The van der Waals surface area contributed by atoms with Crippen LogP contribution in [0.2, 0.25) is 0 Å². The number of hydrogen-bond donors (Lipinski definition) is 1. The summed E-state index contributed by atoms with van der Waals surface area (Å²) in [7, 11) is 0. The molecule has 0 bridgehead atoms. The zero-order valence-corrected chi connectivity index (χ0v) is 16.2. The monoisotopic (exact) mass is 382 g/mol. The molecule has 0 aliphatic rings. The molecule has 1 aromatic heterocycles. The number of amides is 1. The number of aryl methyl sites for hydroxylation is 1. The minimum atomic E-state index is -0.235. The Morgan fingerprint density at radius 1 is 1.15 bits per heavy atom. The summed E-state index contributed by atoms with van der Waals surface area (Å²) in [5, 5.41) is 8.90. The van der Waals surface area contributed by atoms with Crippen LogP contribution in [0.1, 0.15) is 35.1 Å². The van der Waals surface area contributed by atoms with Gasteiger partial charge in [-0.25, -0.2) is 4.68 Å². The smallest absolute Gasteiger partial charge is 0.270 e. The number of carbonyl (C=O) groups is 1. The average Bonchev–Trinajstić information content (AvgIpc) is 3.05. The predicted octanol–water partition coefficient (Wildman–Crippen LogP) is 4.05. The Morgan fingerprint density at radius 2 is 1.96 bits per heavy atom. The fraction of sp³-hybridized carbons (Fsp3) is 0.250. The van der Waals surface area contributed by atoms with Crippen molar-refractivity contribution in [3.8, 4) is 5.75 Å². The highest BCUT2D eigenvalue weighted by molar-refractivity contribution is 7.98. The third kappa shape index (κ3) is 5.10. The second kappa shape index (κ2) is 9.23. The van der Waals surface area contributed by atoms with Crippen LogP contribution in [0.15, 0.2) is 59.8 Å². The van der Waals surface area contributed by atoms with Crippen LogP contribution in [-0.4, -0.2) is 27.4 Å². The lowest BCUT2D eigenvalue weighted by molar-refractivity contribution is 0.100. The topological polar surface area (TPSA) is 69.0 Å². The molecule has 0 radical (unpaired) electrons. The summed E-state index contributed by atoms with van der Waals surface area (Å²) in [6.45, 7) is 4.47. The predicted molar refractivity (Wildman–Crippen MR) is 107 cm³/mol. The molecule has 0 aliphatic carbocycles. The maximum atomic E-state index is 12.7. The second-order valence-corrected chi connectivity index (χ2v) is 6.90. The number of rotatable bonds is 8. The molecule has 1 heterocycles. The molecule has 6 nitrogen and oxygen atoms in total. The molecule has 1 amide bonds. The highest BCUT2D eigenvalue weighted by Crippen LogP contribution is 2.21. The van der Waals surface area contributed by atoms with Gasteiger partial charge < -0.3 is 4.74 Å². The van der Waals surface area contributed by atoms with Crippen LogP contribution in [0.4, 0.5) is 0 Å². The van der Waals surface area contributed by atoms with Crippen molar-refractivity contribution in [3.05, 3.63) is 71.5 Å². The summed E-state index contributed by atoms with van der Waals surface area (Å²) in [6.07, 6.45) is 0.915. The van der Waals surface area contributed by atoms with Crippen LogP contribution in [0.25, 0.3) is 0 Å². The largest absolute Gasteiger partial charge is 0.494 e. The Bertz CT molecular complexity index is 896. The summed E-state index contributed by atoms with van der Waals surface area (Å²) in [4.78, 5) is 12.7. The number of aromatic nitrogens is 3. The number of ether oxygens (including phenoxy) is 1. The number of benzene rings is 2. The van der Waals surface area contributed by atoms with E-state index < -0.39 is 0 Å². The number of carbonyl (C=O) groups excluding carboxylic acids is 1. The van der Waals surface area contributed by atoms with Crippen LogP contribution in [0, 0.1) is 6.92 Å². The van der Waals surface area contributed by atoms with E-state index in [-0.39, 0.29) is 5.91 Å². The van der Waals surface area contributed by atoms with Gasteiger partial charge in [0, 0.05) is 11.3 Å². The lowest BCUT2D eigenvalue weighted by Gasteiger charge is -2.11. The molecule has 0 unspecified atom stereocenters. The Labute approximate surface area is 162 Å². The summed E-state index contributed by atoms with van der Waals surface area (Å²) < 4.78 is 7.22. The van der Waals surface area contributed by atoms with Crippen LogP contribution in [-0.2, 0) is 5.75 Å². The van der Waals surface area contributed by atoms with E-state index in [0.717, 1.165) is 12.2 Å². The summed E-state index contributed by atoms with van der Waals surface area (Å²) >= 11 is 1.52. The molecule has 2 aromatic carbocycles. The maximum absolute atomic E-state index is 12.7. The summed E-state index contributed by atoms with van der Waals surface area (Å²) in [5.41, 5.74) is 4.58. The molecule has 0 saturated heterocycles. The normalized spacial score (nSPS) is 10.6. The van der Waals surface area contributed by atoms with E-state index in [1.165, 1.54) is 17.3 Å². The quantitative estimate of drug-likeness (QED) is 0.595. The van der Waals surface area contributed by atoms with Crippen molar-refractivity contribution >= 4 is 17.7 Å². The molecule has 140 valence electrons. The molecule has 27 heavy (non-hydrogen) atoms. The first-order valence-corrected chi connectivity index (χ1v) is 9.79. The third-order valence-corrected chi connectivity index (χ3v) is 4.79. The van der Waals surface area contributed by atoms with Gasteiger partial charge in [0.25, 0.3) is 5.91 Å². The Morgan fingerprint density at radius 3 is 2.74 bits per heavy atom. The highest BCUT2D eigenvalue weighted by Gasteiger charge is 2.14. The minimum absolute atomic E-state index is 0.235. The third-order valence-electron chi connectivity index (χ3n) is 3.79. The first-order chi connectivity index (χ1) is 13.2. The molecule has 7 heteroatoms. The van der Waals surface area contributed by atoms with Gasteiger partial charge in [-0.05, 0) is 37.1 Å². The zero-order chi connectivity index (χ0) is 19.1. The molecular formula is C20H22N4O2S. The molecule has 3 aromatic rings. The number of nitrogens with one attached hydrogen (secondary N) is 1. The molecule has 0 aliphatic heterocycles. The average molecular weight is 382 g/mol. The van der Waals surface area contributed by atoms with Crippen molar-refractivity contribution in [2.24, 2.45) is 0 Å². The summed E-state index contributed by atoms with van der Waals surface area (Å²) in [6, 6.07) is 17.2. The van der Waals surface area contributed by atoms with Gasteiger partial charge in [0.15, 0.2) is 0 Å². The number of thioether (sulfide) groups is 1. The summed E-state index contributed by atoms with van der Waals surface area (Å²) in [5.74, 6) is 1.82. The lowest BCUT2D eigenvalue weighted by Crippen LogP contribution is -2.24. The van der Waals surface area contributed by atoms with Crippen molar-refractivity contribution in [3.63, 3.8) is 0 Å². The lowest BCUT2D eigenvalue weighted by atomic mass is 10.2. The van der Waals surface area contributed by atoms with E-state index >= 15 is 0 Å². The van der Waals surface area contributed by atoms with Gasteiger partial charge in [-0.3, -0.25) is 10.2 Å². The molecule has 0 saturated carbocycles. The SMILES string of the molecule is CCCOc1cccc(C(=O)Nn2c(C)nnc2SCc2ccccc2)c1. The van der Waals surface area contributed by atoms with Gasteiger partial charge in [0.2, 0.25) is 5.16 Å². The van der Waals surface area contributed by atoms with Gasteiger partial charge in [0.1, 0.15) is 11.6 Å². The van der Waals surface area contributed by atoms with Crippen molar-refractivity contribution in [1.29, 1.82) is 0 Å². The van der Waals surface area contributed by atoms with Crippen LogP contribution >= 0.6 is 11.8 Å². The molecule has 3 rings (SSSR count). The molecule has 0 fully saturated rings. The van der Waals surface area contributed by atoms with E-state index in [1.54, 1.807) is 23.7 Å². The van der Waals surface area contributed by atoms with E-state index in [9.17, 15) is 4.79 Å². The highest BCUT2D eigenvalue weighted by atomic mass is 32.2. The van der Waals surface area contributed by atoms with Gasteiger partial charge in [-0.2, -0.15) is 0 Å². The van der Waals surface area contributed by atoms with Gasteiger partial charge >= 0.3 is 0 Å². The van der Waals surface area contributed by atoms with Crippen LogP contribution in [0.5, 0.6) is 5.75 Å². The first kappa shape index (κ1) is 19.0. The maximum Gasteiger partial charge on any atom is 0.270 e. The van der Waals surface area contributed by atoms with Gasteiger partial charge in [0.05, 0.1) is 6.61 Å². The zero-order valence-electron chi connectivity index (χ0n) is 15.4. The number of hydrogen-bond acceptors (Lipinski definition) is 5. The Hall–Kier alpha value is -2.80. The minimum Gasteiger partial charge on any atom is -0.494 e. The Balaban J connectivity index is 1.70. The fourth-order valence-corrected chi connectivity index (χ4v) is 3.29. The molecular weight excluding hydrogens is 360 g/mol. The van der Waals surface area contributed by atoms with Crippen molar-refractivity contribution in [1.82, 2.24) is 14.9 Å².